The van der Waals surface area contributed by atoms with Crippen molar-refractivity contribution < 1.29 is 13.5 Å². The number of nitriles is 1. The van der Waals surface area contributed by atoms with Gasteiger partial charge in [-0.2, -0.15) is 5.26 Å². The Hall–Kier alpha value is -4.30. The summed E-state index contributed by atoms with van der Waals surface area (Å²) in [6.07, 6.45) is 2.94. The summed E-state index contributed by atoms with van der Waals surface area (Å²) in [5.41, 5.74) is 1.84. The van der Waals surface area contributed by atoms with Crippen LogP contribution in [0.5, 0.6) is 11.6 Å². The van der Waals surface area contributed by atoms with Crippen LogP contribution in [0.4, 0.5) is 26.1 Å². The Morgan fingerprint density at radius 1 is 1.11 bits per heavy atom. The molecule has 0 aliphatic carbocycles. The summed E-state index contributed by atoms with van der Waals surface area (Å²) >= 11 is 0. The minimum absolute atomic E-state index is 0.0605. The number of anilines is 3. The molecule has 0 radical (unpaired) electrons. The zero-order valence-electron chi connectivity index (χ0n) is 20.8. The summed E-state index contributed by atoms with van der Waals surface area (Å²) < 4.78 is 37.5. The Balaban J connectivity index is 1.40. The van der Waals surface area contributed by atoms with Gasteiger partial charge in [0, 0.05) is 49.9 Å². The largest absolute Gasteiger partial charge is 0.434 e. The van der Waals surface area contributed by atoms with E-state index in [0.29, 0.717) is 12.4 Å². The molecule has 0 saturated carbocycles. The maximum atomic E-state index is 15.3. The van der Waals surface area contributed by atoms with E-state index in [1.807, 2.05) is 19.1 Å². The number of rotatable bonds is 6. The quantitative estimate of drug-likeness (QED) is 0.407. The van der Waals surface area contributed by atoms with E-state index in [-0.39, 0.29) is 33.9 Å². The highest BCUT2D eigenvalue weighted by molar-refractivity contribution is 5.84. The van der Waals surface area contributed by atoms with E-state index < -0.39 is 11.6 Å². The monoisotopic (exact) mass is 504 g/mol. The predicted octanol–water partition coefficient (Wildman–Crippen LogP) is 4.59. The molecule has 37 heavy (non-hydrogen) atoms. The molecule has 11 heteroatoms. The molecule has 4 aromatic rings. The van der Waals surface area contributed by atoms with Crippen molar-refractivity contribution in [1.29, 1.82) is 5.26 Å². The van der Waals surface area contributed by atoms with Crippen LogP contribution >= 0.6 is 0 Å². The van der Waals surface area contributed by atoms with E-state index >= 15 is 4.39 Å². The molecule has 1 aromatic carbocycles. The lowest BCUT2D eigenvalue weighted by Crippen LogP contribution is -2.44. The predicted molar refractivity (Wildman–Crippen MR) is 136 cm³/mol. The number of likely N-dealkylation sites (N-methyl/N-ethyl adjacent to an activating group) is 1. The van der Waals surface area contributed by atoms with Crippen molar-refractivity contribution in [2.75, 3.05) is 43.4 Å². The molecule has 0 spiro atoms. The fourth-order valence-corrected chi connectivity index (χ4v) is 4.54. The molecule has 190 valence electrons. The van der Waals surface area contributed by atoms with Gasteiger partial charge in [0.25, 0.3) is 0 Å². The van der Waals surface area contributed by atoms with Crippen molar-refractivity contribution >= 4 is 28.2 Å². The number of fused-ring (bicyclic) bond motifs is 1. The summed E-state index contributed by atoms with van der Waals surface area (Å²) in [5.74, 6) is -1.31. The van der Waals surface area contributed by atoms with Crippen LogP contribution in [0.25, 0.3) is 10.9 Å². The van der Waals surface area contributed by atoms with Crippen LogP contribution in [0.3, 0.4) is 0 Å². The van der Waals surface area contributed by atoms with E-state index in [1.165, 1.54) is 6.33 Å². The highest BCUT2D eigenvalue weighted by Gasteiger charge is 2.22. The molecule has 4 heterocycles. The van der Waals surface area contributed by atoms with E-state index in [9.17, 15) is 9.65 Å². The fraction of sp³-hybridized carbons (Fsp3) is 0.308. The first-order chi connectivity index (χ1) is 17.9. The van der Waals surface area contributed by atoms with Crippen molar-refractivity contribution in [2.45, 2.75) is 20.4 Å². The molecule has 0 unspecified atom stereocenters. The number of pyridine rings is 1. The molecule has 3 aromatic heterocycles. The van der Waals surface area contributed by atoms with Crippen LogP contribution in [0.2, 0.25) is 0 Å². The third-order valence-electron chi connectivity index (χ3n) is 6.55. The Morgan fingerprint density at radius 2 is 1.89 bits per heavy atom. The van der Waals surface area contributed by atoms with Crippen molar-refractivity contribution in [1.82, 2.24) is 24.4 Å². The van der Waals surface area contributed by atoms with Gasteiger partial charge in [0.05, 0.1) is 17.4 Å². The first-order valence-electron chi connectivity index (χ1n) is 12.0. The number of benzene rings is 1. The zero-order chi connectivity index (χ0) is 26.1. The molecule has 0 bridgehead atoms. The molecule has 0 amide bonds. The number of nitrogens with one attached hydrogen (secondary N) is 1. The second-order valence-electron chi connectivity index (χ2n) is 8.90. The van der Waals surface area contributed by atoms with Gasteiger partial charge in [-0.05, 0) is 39.1 Å². The standard InChI is InChI=1S/C26H26F2N8O/c1-4-36-16(2)11-18-23(28)21(12-20(27)24(18)36)37-26-19(13-29)25(31-15-32-26)33-22-6-5-17(14-30-22)35-9-7-34(3)8-10-35/h5-6,11-12,14-15H,4,7-10H2,1-3H3,(H,30,31,32,33). The molecule has 0 atom stereocenters. The Labute approximate surface area is 212 Å². The van der Waals surface area contributed by atoms with Crippen molar-refractivity contribution in [3.8, 4) is 17.7 Å². The number of hydrogen-bond donors (Lipinski definition) is 1. The number of aryl methyl sites for hydroxylation is 2. The second kappa shape index (κ2) is 9.99. The average molecular weight is 505 g/mol. The molecule has 9 nitrogen and oxygen atoms in total. The third-order valence-corrected chi connectivity index (χ3v) is 6.55. The number of nitrogens with zero attached hydrogens (tertiary/aromatic N) is 7. The highest BCUT2D eigenvalue weighted by Crippen LogP contribution is 2.35. The molecule has 5 rings (SSSR count). The van der Waals surface area contributed by atoms with Crippen molar-refractivity contribution in [3.05, 3.63) is 59.7 Å². The van der Waals surface area contributed by atoms with Crippen LogP contribution in [0.1, 0.15) is 18.2 Å². The minimum Gasteiger partial charge on any atom is -0.434 e. The number of halogens is 2. The van der Waals surface area contributed by atoms with E-state index in [0.717, 1.165) is 43.6 Å². The maximum Gasteiger partial charge on any atom is 0.242 e. The number of ether oxygens (including phenoxy) is 1. The van der Waals surface area contributed by atoms with Gasteiger partial charge in [-0.1, -0.05) is 0 Å². The Kier molecular flexibility index (Phi) is 6.58. The van der Waals surface area contributed by atoms with Gasteiger partial charge in [0.1, 0.15) is 18.2 Å². The molecule has 1 saturated heterocycles. The van der Waals surface area contributed by atoms with Crippen LogP contribution in [0.15, 0.2) is 36.8 Å². The van der Waals surface area contributed by atoms with Gasteiger partial charge >= 0.3 is 0 Å². The summed E-state index contributed by atoms with van der Waals surface area (Å²) in [4.78, 5) is 17.1. The number of hydrogen-bond acceptors (Lipinski definition) is 8. The van der Waals surface area contributed by atoms with Gasteiger partial charge in [0.15, 0.2) is 28.8 Å². The van der Waals surface area contributed by atoms with Gasteiger partial charge in [-0.25, -0.2) is 23.7 Å². The van der Waals surface area contributed by atoms with Crippen LogP contribution in [0, 0.1) is 29.9 Å². The van der Waals surface area contributed by atoms with E-state index in [4.69, 9.17) is 4.74 Å². The summed E-state index contributed by atoms with van der Waals surface area (Å²) in [6, 6.07) is 8.27. The molecule has 1 fully saturated rings. The topological polar surface area (TPSA) is 95.1 Å². The van der Waals surface area contributed by atoms with Crippen LogP contribution in [-0.2, 0) is 6.54 Å². The van der Waals surface area contributed by atoms with E-state index in [1.54, 1.807) is 29.8 Å². The number of piperazine rings is 1. The lowest BCUT2D eigenvalue weighted by Gasteiger charge is -2.33. The molecular formula is C26H26F2N8O. The van der Waals surface area contributed by atoms with E-state index in [2.05, 4.69) is 37.1 Å². The summed E-state index contributed by atoms with van der Waals surface area (Å²) in [7, 11) is 2.10. The van der Waals surface area contributed by atoms with Gasteiger partial charge in [-0.3, -0.25) is 0 Å². The average Bonchev–Trinajstić information content (AvgIpc) is 3.25. The lowest BCUT2D eigenvalue weighted by molar-refractivity contribution is 0.313. The zero-order valence-corrected chi connectivity index (χ0v) is 20.8. The molecular weight excluding hydrogens is 478 g/mol. The molecule has 1 aliphatic rings. The maximum absolute atomic E-state index is 15.3. The smallest absolute Gasteiger partial charge is 0.242 e. The van der Waals surface area contributed by atoms with Gasteiger partial charge in [0.2, 0.25) is 5.88 Å². The van der Waals surface area contributed by atoms with Gasteiger partial charge in [-0.15, -0.1) is 0 Å². The summed E-state index contributed by atoms with van der Waals surface area (Å²) in [5, 5.41) is 12.9. The van der Waals surface area contributed by atoms with Crippen molar-refractivity contribution in [3.63, 3.8) is 0 Å². The first-order valence-corrected chi connectivity index (χ1v) is 12.0. The van der Waals surface area contributed by atoms with Crippen LogP contribution in [-0.4, -0.2) is 57.6 Å². The highest BCUT2D eigenvalue weighted by atomic mass is 19.1. The number of aromatic nitrogens is 4. The van der Waals surface area contributed by atoms with Crippen LogP contribution < -0.4 is 15.0 Å². The third kappa shape index (κ3) is 4.63. The lowest BCUT2D eigenvalue weighted by atomic mass is 10.2. The van der Waals surface area contributed by atoms with Gasteiger partial charge < -0.3 is 24.4 Å². The summed E-state index contributed by atoms with van der Waals surface area (Å²) in [6.45, 7) is 7.94. The first kappa shape index (κ1) is 24.4. The normalized spacial score (nSPS) is 14.1. The molecule has 1 N–H and O–H groups in total. The fourth-order valence-electron chi connectivity index (χ4n) is 4.54. The second-order valence-corrected chi connectivity index (χ2v) is 8.90. The minimum atomic E-state index is -0.732. The Morgan fingerprint density at radius 3 is 2.57 bits per heavy atom. The Bertz CT molecular complexity index is 1490. The molecule has 1 aliphatic heterocycles. The van der Waals surface area contributed by atoms with Crippen molar-refractivity contribution in [2.24, 2.45) is 0 Å². The SMILES string of the molecule is CCn1c(C)cc2c(F)c(Oc3ncnc(Nc4ccc(N5CCN(C)CC5)cn4)c3C#N)cc(F)c21.